The van der Waals surface area contributed by atoms with Crippen molar-refractivity contribution in [2.75, 3.05) is 0 Å². The van der Waals surface area contributed by atoms with Gasteiger partial charge in [-0.1, -0.05) is 17.2 Å². The molecule has 0 saturated carbocycles. The Labute approximate surface area is 87.8 Å². The van der Waals surface area contributed by atoms with Crippen LogP contribution in [-0.2, 0) is 0 Å². The topological polar surface area (TPSA) is 45.8 Å². The van der Waals surface area contributed by atoms with Crippen LogP contribution in [0.4, 0.5) is 0 Å². The highest BCUT2D eigenvalue weighted by Gasteiger charge is 2.00. The lowest BCUT2D eigenvalue weighted by molar-refractivity contribution is 0.995. The molecule has 1 aromatic carbocycles. The third kappa shape index (κ3) is 2.13. The van der Waals surface area contributed by atoms with Crippen molar-refractivity contribution in [1.82, 2.24) is 10.2 Å². The molecule has 0 fully saturated rings. The summed E-state index contributed by atoms with van der Waals surface area (Å²) in [5.74, 6) is 0. The van der Waals surface area contributed by atoms with E-state index in [2.05, 4.69) is 16.3 Å². The molecule has 1 aromatic heterocycles. The van der Waals surface area contributed by atoms with E-state index in [1.807, 2.05) is 26.0 Å². The molecule has 0 amide bonds. The number of rotatable bonds is 1. The number of aromatic nitrogens is 2. The van der Waals surface area contributed by atoms with Crippen molar-refractivity contribution in [1.29, 1.82) is 0 Å². The molecule has 0 aliphatic heterocycles. The van der Waals surface area contributed by atoms with Crippen LogP contribution < -0.4 is 5.56 Å². The van der Waals surface area contributed by atoms with E-state index in [0.717, 1.165) is 11.3 Å². The molecule has 0 spiro atoms. The minimum absolute atomic E-state index is 0.178. The average molecular weight is 200 g/mol. The molecule has 3 nitrogen and oxygen atoms in total. The van der Waals surface area contributed by atoms with Gasteiger partial charge in [0.15, 0.2) is 0 Å². The molecule has 0 bridgehead atoms. The number of benzene rings is 1. The number of hydrogen-bond donors (Lipinski definition) is 1. The van der Waals surface area contributed by atoms with E-state index in [-0.39, 0.29) is 5.56 Å². The van der Waals surface area contributed by atoms with Crippen LogP contribution in [0, 0.1) is 13.8 Å². The lowest BCUT2D eigenvalue weighted by Crippen LogP contribution is -2.05. The van der Waals surface area contributed by atoms with Gasteiger partial charge in [0.05, 0.1) is 5.69 Å². The first-order chi connectivity index (χ1) is 7.15. The Morgan fingerprint density at radius 2 is 1.73 bits per heavy atom. The van der Waals surface area contributed by atoms with Crippen molar-refractivity contribution < 1.29 is 0 Å². The lowest BCUT2D eigenvalue weighted by Gasteiger charge is -2.03. The maximum absolute atomic E-state index is 10.9. The maximum Gasteiger partial charge on any atom is 0.264 e. The van der Waals surface area contributed by atoms with Gasteiger partial charge in [-0.15, -0.1) is 0 Å². The van der Waals surface area contributed by atoms with Crippen LogP contribution in [0.3, 0.4) is 0 Å². The van der Waals surface area contributed by atoms with E-state index in [4.69, 9.17) is 0 Å². The fraction of sp³-hybridized carbons (Fsp3) is 0.167. The molecule has 1 N–H and O–H groups in total. The van der Waals surface area contributed by atoms with Crippen LogP contribution in [0.15, 0.2) is 35.1 Å². The number of nitrogens with zero attached hydrogens (tertiary/aromatic N) is 1. The summed E-state index contributed by atoms with van der Waals surface area (Å²) in [4.78, 5) is 10.9. The highest BCUT2D eigenvalue weighted by Crippen LogP contribution is 2.18. The van der Waals surface area contributed by atoms with Crippen LogP contribution in [0.25, 0.3) is 11.3 Å². The highest BCUT2D eigenvalue weighted by atomic mass is 16.1. The van der Waals surface area contributed by atoms with Gasteiger partial charge in [0, 0.05) is 11.6 Å². The summed E-state index contributed by atoms with van der Waals surface area (Å²) in [6, 6.07) is 9.42. The van der Waals surface area contributed by atoms with Crippen molar-refractivity contribution >= 4 is 0 Å². The molecule has 0 aliphatic carbocycles. The van der Waals surface area contributed by atoms with Crippen LogP contribution in [0.2, 0.25) is 0 Å². The van der Waals surface area contributed by atoms with Gasteiger partial charge in [-0.05, 0) is 32.0 Å². The van der Waals surface area contributed by atoms with Gasteiger partial charge in [-0.25, -0.2) is 5.10 Å². The predicted octanol–water partition coefficient (Wildman–Crippen LogP) is 2.05. The second-order valence-corrected chi connectivity index (χ2v) is 3.68. The largest absolute Gasteiger partial charge is 0.268 e. The second kappa shape index (κ2) is 3.69. The van der Waals surface area contributed by atoms with Crippen molar-refractivity contribution in [2.24, 2.45) is 0 Å². The van der Waals surface area contributed by atoms with Gasteiger partial charge in [0.2, 0.25) is 0 Å². The summed E-state index contributed by atoms with van der Waals surface area (Å²) in [6.07, 6.45) is 0. The average Bonchev–Trinajstić information content (AvgIpc) is 2.17. The van der Waals surface area contributed by atoms with Crippen molar-refractivity contribution in [2.45, 2.75) is 13.8 Å². The molecule has 15 heavy (non-hydrogen) atoms. The number of hydrogen-bond acceptors (Lipinski definition) is 2. The minimum atomic E-state index is -0.178. The number of H-pyrrole nitrogens is 1. The summed E-state index contributed by atoms with van der Waals surface area (Å²) >= 11 is 0. The fourth-order valence-electron chi connectivity index (χ4n) is 1.63. The summed E-state index contributed by atoms with van der Waals surface area (Å²) in [6.45, 7) is 4.09. The summed E-state index contributed by atoms with van der Waals surface area (Å²) in [7, 11) is 0. The quantitative estimate of drug-likeness (QED) is 0.765. The maximum atomic E-state index is 10.9. The Kier molecular flexibility index (Phi) is 2.37. The highest BCUT2D eigenvalue weighted by molar-refractivity contribution is 5.60. The Morgan fingerprint density at radius 1 is 1.07 bits per heavy atom. The van der Waals surface area contributed by atoms with Crippen LogP contribution >= 0.6 is 0 Å². The van der Waals surface area contributed by atoms with E-state index in [1.54, 1.807) is 6.07 Å². The molecule has 0 saturated heterocycles. The van der Waals surface area contributed by atoms with Gasteiger partial charge in [0.25, 0.3) is 5.56 Å². The summed E-state index contributed by atoms with van der Waals surface area (Å²) in [5, 5.41) is 6.42. The molecule has 1 heterocycles. The zero-order valence-electron chi connectivity index (χ0n) is 8.74. The molecule has 3 heteroatoms. The molecule has 0 radical (unpaired) electrons. The van der Waals surface area contributed by atoms with Crippen LogP contribution in [0.5, 0.6) is 0 Å². The van der Waals surface area contributed by atoms with Gasteiger partial charge in [0.1, 0.15) is 0 Å². The van der Waals surface area contributed by atoms with Crippen LogP contribution in [-0.4, -0.2) is 10.2 Å². The van der Waals surface area contributed by atoms with E-state index in [0.29, 0.717) is 0 Å². The monoisotopic (exact) mass is 200 g/mol. The lowest BCUT2D eigenvalue weighted by atomic mass is 10.1. The molecular formula is C12H12N2O. The molecule has 2 aromatic rings. The van der Waals surface area contributed by atoms with Crippen molar-refractivity contribution in [3.63, 3.8) is 0 Å². The SMILES string of the molecule is Cc1cc(C)cc(-c2ccc(=O)[nH]n2)c1. The zero-order chi connectivity index (χ0) is 10.8. The first-order valence-electron chi connectivity index (χ1n) is 4.79. The Hall–Kier alpha value is -1.90. The zero-order valence-corrected chi connectivity index (χ0v) is 8.74. The summed E-state index contributed by atoms with van der Waals surface area (Å²) in [5.41, 5.74) is 4.03. The third-order valence-electron chi connectivity index (χ3n) is 2.20. The van der Waals surface area contributed by atoms with Gasteiger partial charge in [-0.2, -0.15) is 5.10 Å². The molecular weight excluding hydrogens is 188 g/mol. The van der Waals surface area contributed by atoms with Gasteiger partial charge >= 0.3 is 0 Å². The first-order valence-corrected chi connectivity index (χ1v) is 4.79. The predicted molar refractivity (Wildman–Crippen MR) is 59.8 cm³/mol. The minimum Gasteiger partial charge on any atom is -0.268 e. The number of aryl methyl sites for hydroxylation is 2. The molecule has 2 rings (SSSR count). The smallest absolute Gasteiger partial charge is 0.264 e. The van der Waals surface area contributed by atoms with E-state index >= 15 is 0 Å². The third-order valence-corrected chi connectivity index (χ3v) is 2.20. The first kappa shape index (κ1) is 9.65. The van der Waals surface area contributed by atoms with Gasteiger partial charge < -0.3 is 0 Å². The Bertz CT molecular complexity index is 503. The Balaban J connectivity index is 2.53. The standard InChI is InChI=1S/C12H12N2O/c1-8-5-9(2)7-10(6-8)11-3-4-12(15)14-13-11/h3-7H,1-2H3,(H,14,15). The Morgan fingerprint density at radius 3 is 2.27 bits per heavy atom. The normalized spacial score (nSPS) is 10.3. The molecule has 76 valence electrons. The number of nitrogens with one attached hydrogen (secondary N) is 1. The van der Waals surface area contributed by atoms with E-state index in [1.165, 1.54) is 17.2 Å². The van der Waals surface area contributed by atoms with E-state index in [9.17, 15) is 4.79 Å². The van der Waals surface area contributed by atoms with Crippen molar-refractivity contribution in [3.05, 3.63) is 51.8 Å². The number of aromatic amines is 1. The molecule has 0 aliphatic rings. The fourth-order valence-corrected chi connectivity index (χ4v) is 1.63. The van der Waals surface area contributed by atoms with E-state index < -0.39 is 0 Å². The van der Waals surface area contributed by atoms with Crippen molar-refractivity contribution in [3.8, 4) is 11.3 Å². The van der Waals surface area contributed by atoms with Gasteiger partial charge in [-0.3, -0.25) is 4.79 Å². The second-order valence-electron chi connectivity index (χ2n) is 3.68. The molecule has 0 atom stereocenters. The summed E-state index contributed by atoms with van der Waals surface area (Å²) < 4.78 is 0. The molecule has 0 unspecified atom stereocenters. The van der Waals surface area contributed by atoms with Crippen LogP contribution in [0.1, 0.15) is 11.1 Å².